The lowest BCUT2D eigenvalue weighted by molar-refractivity contribution is 0.545. The molecule has 3 rings (SSSR count). The van der Waals surface area contributed by atoms with Crippen LogP contribution in [0.2, 0.25) is 0 Å². The molecule has 0 amide bonds. The van der Waals surface area contributed by atoms with Crippen LogP contribution in [-0.4, -0.2) is 15.2 Å². The first-order chi connectivity index (χ1) is 10.1. The highest BCUT2D eigenvalue weighted by molar-refractivity contribution is 9.10. The van der Waals surface area contributed by atoms with Gasteiger partial charge in [-0.05, 0) is 54.0 Å². The van der Waals surface area contributed by atoms with Crippen molar-refractivity contribution in [3.63, 3.8) is 0 Å². The van der Waals surface area contributed by atoms with Crippen LogP contribution in [-0.2, 0) is 6.54 Å². The van der Waals surface area contributed by atoms with Crippen molar-refractivity contribution >= 4 is 21.6 Å². The van der Waals surface area contributed by atoms with Crippen LogP contribution in [0.15, 0.2) is 39.5 Å². The van der Waals surface area contributed by atoms with Crippen molar-refractivity contribution in [2.75, 3.05) is 5.32 Å². The largest absolute Gasteiger partial charge is 0.460 e. The van der Waals surface area contributed by atoms with Gasteiger partial charge in [0, 0.05) is 12.1 Å². The molecule has 3 aromatic rings. The lowest BCUT2D eigenvalue weighted by Gasteiger charge is -2.08. The number of hydrogen-bond donors (Lipinski definition) is 2. The molecule has 0 aromatic carbocycles. The normalized spacial score (nSPS) is 10.8. The van der Waals surface area contributed by atoms with Crippen molar-refractivity contribution in [2.45, 2.75) is 20.4 Å². The Bertz CT molecular complexity index is 763. The molecule has 2 N–H and O–H groups in total. The smallest absolute Gasteiger partial charge is 0.152 e. The first-order valence-corrected chi connectivity index (χ1v) is 7.39. The number of pyridine rings is 1. The van der Waals surface area contributed by atoms with Crippen LogP contribution in [0.25, 0.3) is 11.5 Å². The molecule has 0 aliphatic rings. The van der Waals surface area contributed by atoms with Gasteiger partial charge in [0.25, 0.3) is 0 Å². The van der Waals surface area contributed by atoms with E-state index in [2.05, 4.69) is 36.4 Å². The van der Waals surface area contributed by atoms with Crippen molar-refractivity contribution in [1.29, 1.82) is 0 Å². The lowest BCUT2D eigenvalue weighted by Crippen LogP contribution is -2.02. The maximum atomic E-state index is 5.64. The number of nitrogens with one attached hydrogen (secondary N) is 2. The zero-order valence-corrected chi connectivity index (χ0v) is 13.4. The van der Waals surface area contributed by atoms with Crippen molar-refractivity contribution < 1.29 is 4.42 Å². The fraction of sp³-hybridized carbons (Fsp3) is 0.200. The number of hydrogen-bond acceptors (Lipinski definition) is 4. The van der Waals surface area contributed by atoms with Crippen LogP contribution in [0.5, 0.6) is 0 Å². The van der Waals surface area contributed by atoms with E-state index in [4.69, 9.17) is 4.42 Å². The molecule has 0 unspecified atom stereocenters. The Labute approximate surface area is 130 Å². The molecular weight excluding hydrogens is 332 g/mol. The summed E-state index contributed by atoms with van der Waals surface area (Å²) in [4.78, 5) is 4.37. The van der Waals surface area contributed by atoms with Gasteiger partial charge in [0.1, 0.15) is 16.1 Å². The van der Waals surface area contributed by atoms with Gasteiger partial charge in [-0.25, -0.2) is 4.98 Å². The minimum absolute atomic E-state index is 0.649. The number of anilines is 1. The van der Waals surface area contributed by atoms with E-state index in [0.29, 0.717) is 6.54 Å². The number of H-pyrrole nitrogens is 1. The number of furan rings is 1. The summed E-state index contributed by atoms with van der Waals surface area (Å²) in [6.45, 7) is 4.55. The molecule has 0 aliphatic heterocycles. The van der Waals surface area contributed by atoms with Crippen LogP contribution in [0.1, 0.15) is 17.0 Å². The van der Waals surface area contributed by atoms with E-state index in [1.807, 2.05) is 44.3 Å². The van der Waals surface area contributed by atoms with E-state index in [9.17, 15) is 0 Å². The summed E-state index contributed by atoms with van der Waals surface area (Å²) < 4.78 is 6.48. The fourth-order valence-corrected chi connectivity index (χ4v) is 2.53. The molecular formula is C15H15BrN4O. The first-order valence-electron chi connectivity index (χ1n) is 6.59. The predicted molar refractivity (Wildman–Crippen MR) is 85.0 cm³/mol. The van der Waals surface area contributed by atoms with Gasteiger partial charge < -0.3 is 9.73 Å². The number of rotatable bonds is 4. The molecule has 0 atom stereocenters. The second kappa shape index (κ2) is 5.73. The van der Waals surface area contributed by atoms with Crippen LogP contribution in [0.4, 0.5) is 5.69 Å². The second-order valence-electron chi connectivity index (χ2n) is 4.80. The summed E-state index contributed by atoms with van der Waals surface area (Å²) in [5.41, 5.74) is 3.90. The van der Waals surface area contributed by atoms with E-state index in [-0.39, 0.29) is 0 Å². The third-order valence-electron chi connectivity index (χ3n) is 3.23. The van der Waals surface area contributed by atoms with Crippen molar-refractivity contribution in [3.8, 4) is 11.5 Å². The van der Waals surface area contributed by atoms with Gasteiger partial charge in [0.2, 0.25) is 0 Å². The van der Waals surface area contributed by atoms with Crippen LogP contribution in [0, 0.1) is 13.8 Å². The van der Waals surface area contributed by atoms with Crippen molar-refractivity contribution in [1.82, 2.24) is 15.2 Å². The Hall–Kier alpha value is -2.08. The molecule has 0 saturated carbocycles. The third kappa shape index (κ3) is 3.00. The molecule has 0 fully saturated rings. The Morgan fingerprint density at radius 3 is 2.81 bits per heavy atom. The van der Waals surface area contributed by atoms with E-state index in [1.165, 1.54) is 0 Å². The molecule has 0 saturated heterocycles. The van der Waals surface area contributed by atoms with Gasteiger partial charge in [-0.3, -0.25) is 5.10 Å². The van der Waals surface area contributed by atoms with Crippen LogP contribution >= 0.6 is 15.9 Å². The molecule has 0 radical (unpaired) electrons. The number of aryl methyl sites for hydroxylation is 2. The highest BCUT2D eigenvalue weighted by Crippen LogP contribution is 2.24. The zero-order chi connectivity index (χ0) is 14.8. The average molecular weight is 347 g/mol. The van der Waals surface area contributed by atoms with E-state index < -0.39 is 0 Å². The summed E-state index contributed by atoms with van der Waals surface area (Å²) in [5, 5.41) is 10.5. The molecule has 0 bridgehead atoms. The minimum Gasteiger partial charge on any atom is -0.460 e. The number of aromatic nitrogens is 3. The zero-order valence-electron chi connectivity index (χ0n) is 11.8. The maximum absolute atomic E-state index is 5.64. The average Bonchev–Trinajstić information content (AvgIpc) is 3.06. The molecule has 21 heavy (non-hydrogen) atoms. The highest BCUT2D eigenvalue weighted by Gasteiger charge is 2.11. The molecule has 0 spiro atoms. The summed E-state index contributed by atoms with van der Waals surface area (Å²) >= 11 is 3.36. The third-order valence-corrected chi connectivity index (χ3v) is 3.67. The fourth-order valence-electron chi connectivity index (χ4n) is 2.14. The van der Waals surface area contributed by atoms with Gasteiger partial charge in [-0.2, -0.15) is 5.10 Å². The quantitative estimate of drug-likeness (QED) is 0.699. The molecule has 3 heterocycles. The highest BCUT2D eigenvalue weighted by atomic mass is 79.9. The number of nitrogens with zero attached hydrogens (tertiary/aromatic N) is 2. The Balaban J connectivity index is 1.79. The van der Waals surface area contributed by atoms with Gasteiger partial charge in [-0.15, -0.1) is 0 Å². The van der Waals surface area contributed by atoms with E-state index in [0.717, 1.165) is 38.8 Å². The van der Waals surface area contributed by atoms with Gasteiger partial charge in [-0.1, -0.05) is 0 Å². The predicted octanol–water partition coefficient (Wildman–Crippen LogP) is 4.06. The Morgan fingerprint density at radius 1 is 1.24 bits per heavy atom. The SMILES string of the molecule is Cc1ccc(-c2[nH]ncc2CNc2ccc(Br)nc2C)o1. The summed E-state index contributed by atoms with van der Waals surface area (Å²) in [5.74, 6) is 1.68. The van der Waals surface area contributed by atoms with Crippen molar-refractivity contribution in [2.24, 2.45) is 0 Å². The number of aromatic amines is 1. The molecule has 0 aliphatic carbocycles. The Kier molecular flexibility index (Phi) is 3.79. The summed E-state index contributed by atoms with van der Waals surface area (Å²) in [6.07, 6.45) is 1.81. The van der Waals surface area contributed by atoms with E-state index >= 15 is 0 Å². The van der Waals surface area contributed by atoms with Crippen LogP contribution < -0.4 is 5.32 Å². The second-order valence-corrected chi connectivity index (χ2v) is 5.61. The standard InChI is InChI=1S/C15H15BrN4O/c1-9-3-5-13(21-9)15-11(8-18-20-15)7-17-12-4-6-14(16)19-10(12)2/h3-6,8,17H,7H2,1-2H3,(H,18,20). The van der Waals surface area contributed by atoms with Crippen molar-refractivity contribution in [3.05, 3.63) is 52.1 Å². The van der Waals surface area contributed by atoms with Crippen LogP contribution in [0.3, 0.4) is 0 Å². The molecule has 5 nitrogen and oxygen atoms in total. The number of halogens is 1. The summed E-state index contributed by atoms with van der Waals surface area (Å²) in [6, 6.07) is 7.81. The minimum atomic E-state index is 0.649. The monoisotopic (exact) mass is 346 g/mol. The maximum Gasteiger partial charge on any atom is 0.152 e. The topological polar surface area (TPSA) is 66.7 Å². The lowest BCUT2D eigenvalue weighted by atomic mass is 10.2. The van der Waals surface area contributed by atoms with Gasteiger partial charge in [0.15, 0.2) is 5.76 Å². The molecule has 3 aromatic heterocycles. The molecule has 6 heteroatoms. The van der Waals surface area contributed by atoms with Gasteiger partial charge in [0.05, 0.1) is 17.6 Å². The molecule has 108 valence electrons. The Morgan fingerprint density at radius 2 is 2.10 bits per heavy atom. The van der Waals surface area contributed by atoms with Gasteiger partial charge >= 0.3 is 0 Å². The first kappa shape index (κ1) is 13.9. The van der Waals surface area contributed by atoms with E-state index in [1.54, 1.807) is 0 Å². The summed E-state index contributed by atoms with van der Waals surface area (Å²) in [7, 11) is 0.